The summed E-state index contributed by atoms with van der Waals surface area (Å²) in [4.78, 5) is -0.208. The molecular weight excluding hydrogens is 203 g/mol. The summed E-state index contributed by atoms with van der Waals surface area (Å²) in [6, 6.07) is 5.04. The van der Waals surface area contributed by atoms with E-state index in [2.05, 4.69) is 11.4 Å². The zero-order chi connectivity index (χ0) is 7.40. The maximum atomic E-state index is 5.57. The second kappa shape index (κ2) is 4.39. The highest BCUT2D eigenvalue weighted by Crippen LogP contribution is 2.06. The van der Waals surface area contributed by atoms with E-state index in [-0.39, 0.29) is 4.84 Å². The Morgan fingerprint density at radius 1 is 1.60 bits per heavy atom. The minimum atomic E-state index is -0.208. The van der Waals surface area contributed by atoms with Crippen LogP contribution in [0.25, 0.3) is 0 Å². The Hall–Kier alpha value is 0.497. The van der Waals surface area contributed by atoms with Gasteiger partial charge in [-0.1, -0.05) is 12.1 Å². The van der Waals surface area contributed by atoms with E-state index in [4.69, 9.17) is 23.2 Å². The minimum Gasteiger partial charge on any atom is -0.154 e. The van der Waals surface area contributed by atoms with Crippen LogP contribution in [0.15, 0.2) is 17.5 Å². The molecule has 0 saturated carbocycles. The topological polar surface area (TPSA) is 0 Å². The SMILES string of the molecule is ClC(Cl)C[Si]c1cccs1. The third kappa shape index (κ3) is 3.06. The summed E-state index contributed by atoms with van der Waals surface area (Å²) in [7, 11) is 0.764. The molecule has 0 atom stereocenters. The molecule has 0 fully saturated rings. The van der Waals surface area contributed by atoms with E-state index in [0.717, 1.165) is 15.6 Å². The lowest BCUT2D eigenvalue weighted by atomic mass is 10.7. The lowest BCUT2D eigenvalue weighted by molar-refractivity contribution is 1.36. The zero-order valence-electron chi connectivity index (χ0n) is 5.18. The van der Waals surface area contributed by atoms with E-state index in [0.29, 0.717) is 0 Å². The van der Waals surface area contributed by atoms with Crippen molar-refractivity contribution >= 4 is 48.6 Å². The Morgan fingerprint density at radius 3 is 2.90 bits per heavy atom. The van der Waals surface area contributed by atoms with Crippen LogP contribution in [0.1, 0.15) is 0 Å². The predicted octanol–water partition coefficient (Wildman–Crippen LogP) is 2.30. The van der Waals surface area contributed by atoms with Gasteiger partial charge in [-0.05, 0) is 15.9 Å². The van der Waals surface area contributed by atoms with Crippen molar-refractivity contribution in [1.82, 2.24) is 0 Å². The normalized spacial score (nSPS) is 10.7. The fourth-order valence-corrected chi connectivity index (χ4v) is 2.84. The van der Waals surface area contributed by atoms with Crippen molar-refractivity contribution in [2.75, 3.05) is 0 Å². The smallest absolute Gasteiger partial charge is 0.105 e. The van der Waals surface area contributed by atoms with Gasteiger partial charge in [0, 0.05) is 0 Å². The van der Waals surface area contributed by atoms with Gasteiger partial charge in [0.2, 0.25) is 0 Å². The lowest BCUT2D eigenvalue weighted by Crippen LogP contribution is -2.10. The molecule has 0 aromatic carbocycles. The maximum absolute atomic E-state index is 5.57. The molecule has 0 amide bonds. The Bertz CT molecular complexity index is 174. The van der Waals surface area contributed by atoms with Crippen molar-refractivity contribution in [3.63, 3.8) is 0 Å². The van der Waals surface area contributed by atoms with Gasteiger partial charge in [0.05, 0.1) is 9.52 Å². The van der Waals surface area contributed by atoms with Gasteiger partial charge in [-0.2, -0.15) is 11.3 Å². The highest BCUT2D eigenvalue weighted by Gasteiger charge is 2.00. The molecule has 54 valence electrons. The number of rotatable bonds is 3. The fourth-order valence-electron chi connectivity index (χ4n) is 0.557. The van der Waals surface area contributed by atoms with Crippen LogP contribution in [-0.2, 0) is 0 Å². The van der Waals surface area contributed by atoms with Gasteiger partial charge in [-0.3, -0.25) is 0 Å². The van der Waals surface area contributed by atoms with E-state index in [1.807, 2.05) is 6.07 Å². The molecule has 0 spiro atoms. The van der Waals surface area contributed by atoms with E-state index in [9.17, 15) is 0 Å². The van der Waals surface area contributed by atoms with Crippen LogP contribution in [0.2, 0.25) is 6.04 Å². The van der Waals surface area contributed by atoms with Gasteiger partial charge in [-0.25, -0.2) is 0 Å². The van der Waals surface area contributed by atoms with Crippen molar-refractivity contribution in [3.05, 3.63) is 17.5 Å². The first-order valence-electron chi connectivity index (χ1n) is 2.84. The highest BCUT2D eigenvalue weighted by atomic mass is 35.5. The largest absolute Gasteiger partial charge is 0.154 e. The van der Waals surface area contributed by atoms with Crippen molar-refractivity contribution in [2.24, 2.45) is 0 Å². The number of halogens is 2. The van der Waals surface area contributed by atoms with Gasteiger partial charge < -0.3 is 0 Å². The van der Waals surface area contributed by atoms with E-state index in [1.54, 1.807) is 11.3 Å². The molecule has 0 N–H and O–H groups in total. The summed E-state index contributed by atoms with van der Waals surface area (Å²) in [5.74, 6) is 0. The zero-order valence-corrected chi connectivity index (χ0v) is 8.51. The third-order valence-electron chi connectivity index (χ3n) is 0.952. The molecule has 1 aromatic heterocycles. The van der Waals surface area contributed by atoms with Gasteiger partial charge in [0.1, 0.15) is 4.84 Å². The van der Waals surface area contributed by atoms with Gasteiger partial charge in [-0.15, -0.1) is 23.2 Å². The summed E-state index contributed by atoms with van der Waals surface area (Å²) in [6.45, 7) is 0. The van der Waals surface area contributed by atoms with E-state index >= 15 is 0 Å². The molecule has 0 aliphatic rings. The van der Waals surface area contributed by atoms with Crippen molar-refractivity contribution in [2.45, 2.75) is 10.9 Å². The monoisotopic (exact) mass is 208 g/mol. The number of thiophene rings is 1. The number of alkyl halides is 2. The van der Waals surface area contributed by atoms with Crippen molar-refractivity contribution < 1.29 is 0 Å². The second-order valence-corrected chi connectivity index (χ2v) is 5.64. The summed E-state index contributed by atoms with van der Waals surface area (Å²) in [6.07, 6.45) is 0. The molecule has 0 aliphatic carbocycles. The Kier molecular flexibility index (Phi) is 3.77. The second-order valence-electron chi connectivity index (χ2n) is 1.75. The van der Waals surface area contributed by atoms with Gasteiger partial charge in [0.25, 0.3) is 0 Å². The molecule has 2 radical (unpaired) electrons. The van der Waals surface area contributed by atoms with Crippen LogP contribution in [0.4, 0.5) is 0 Å². The first-order chi connectivity index (χ1) is 4.79. The predicted molar refractivity (Wildman–Crippen MR) is 50.0 cm³/mol. The summed E-state index contributed by atoms with van der Waals surface area (Å²) in [5, 5.41) is 2.07. The Balaban J connectivity index is 2.28. The molecule has 1 aromatic rings. The van der Waals surface area contributed by atoms with E-state index in [1.165, 1.54) is 4.50 Å². The van der Waals surface area contributed by atoms with E-state index < -0.39 is 0 Å². The van der Waals surface area contributed by atoms with Gasteiger partial charge >= 0.3 is 0 Å². The van der Waals surface area contributed by atoms with Gasteiger partial charge in [0.15, 0.2) is 0 Å². The molecule has 10 heavy (non-hydrogen) atoms. The molecule has 0 saturated heterocycles. The standard InChI is InChI=1S/C6H6Cl2SSi/c7-5(8)4-10-6-2-1-3-9-6/h1-3,5H,4H2. The van der Waals surface area contributed by atoms with Crippen LogP contribution in [0.3, 0.4) is 0 Å². The summed E-state index contributed by atoms with van der Waals surface area (Å²) < 4.78 is 1.38. The number of hydrogen-bond donors (Lipinski definition) is 0. The first-order valence-corrected chi connectivity index (χ1v) is 5.80. The van der Waals surface area contributed by atoms with Crippen molar-refractivity contribution in [3.8, 4) is 0 Å². The molecule has 1 heterocycles. The van der Waals surface area contributed by atoms with Crippen LogP contribution < -0.4 is 4.50 Å². The maximum Gasteiger partial charge on any atom is 0.105 e. The van der Waals surface area contributed by atoms with Crippen LogP contribution in [-0.4, -0.2) is 14.4 Å². The highest BCUT2D eigenvalue weighted by molar-refractivity contribution is 7.19. The number of hydrogen-bond acceptors (Lipinski definition) is 1. The average Bonchev–Trinajstić information content (AvgIpc) is 2.34. The molecule has 4 heteroatoms. The molecule has 0 aliphatic heterocycles. The quantitative estimate of drug-likeness (QED) is 0.529. The lowest BCUT2D eigenvalue weighted by Gasteiger charge is -1.94. The van der Waals surface area contributed by atoms with Crippen molar-refractivity contribution in [1.29, 1.82) is 0 Å². The van der Waals surface area contributed by atoms with Crippen LogP contribution >= 0.6 is 34.5 Å². The minimum absolute atomic E-state index is 0.208. The third-order valence-corrected chi connectivity index (χ3v) is 4.38. The Morgan fingerprint density at radius 2 is 2.40 bits per heavy atom. The van der Waals surface area contributed by atoms with Crippen LogP contribution in [0, 0.1) is 0 Å². The Labute approximate surface area is 77.0 Å². The fraction of sp³-hybridized carbons (Fsp3) is 0.333. The van der Waals surface area contributed by atoms with Crippen LogP contribution in [0.5, 0.6) is 0 Å². The molecular formula is C6H6Cl2SSi. The molecule has 0 unspecified atom stereocenters. The average molecular weight is 209 g/mol. The summed E-state index contributed by atoms with van der Waals surface area (Å²) >= 11 is 12.9. The first kappa shape index (κ1) is 8.59. The molecule has 1 rings (SSSR count). The molecule has 0 nitrogen and oxygen atoms in total. The summed E-state index contributed by atoms with van der Waals surface area (Å²) in [5.41, 5.74) is 0. The molecule has 0 bridgehead atoms.